The van der Waals surface area contributed by atoms with Crippen LogP contribution >= 0.6 is 0 Å². The molecular weight excluding hydrogens is 402 g/mol. The minimum Gasteiger partial charge on any atom is -0.383 e. The Morgan fingerprint density at radius 1 is 1.14 bits per heavy atom. The van der Waals surface area contributed by atoms with Crippen LogP contribution in [0, 0.1) is 0 Å². The van der Waals surface area contributed by atoms with Gasteiger partial charge in [0.15, 0.2) is 5.69 Å². The molecule has 0 saturated carbocycles. The highest BCUT2D eigenvalue weighted by Crippen LogP contribution is 2.14. The van der Waals surface area contributed by atoms with Crippen LogP contribution in [0.25, 0.3) is 0 Å². The van der Waals surface area contributed by atoms with Crippen molar-refractivity contribution in [2.75, 3.05) is 27.8 Å². The Kier molecular flexibility index (Phi) is 7.20. The standard InChI is InChI=1S/C17H21N5O6S/c1-21(2)29(26,27)13-6-4-5-12(11-13)16(24)18-19-17(25)14-7-8-15(23)22(20-14)9-10-28-3/h4-8,11H,9-10H2,1-3H3,(H,18,24)(H,19,25). The Labute approximate surface area is 167 Å². The summed E-state index contributed by atoms with van der Waals surface area (Å²) >= 11 is 0. The Bertz CT molecular complexity index is 1060. The number of amides is 2. The largest absolute Gasteiger partial charge is 0.383 e. The topological polar surface area (TPSA) is 140 Å². The predicted molar refractivity (Wildman–Crippen MR) is 103 cm³/mol. The van der Waals surface area contributed by atoms with Gasteiger partial charge in [-0.3, -0.25) is 25.2 Å². The van der Waals surface area contributed by atoms with Crippen LogP contribution in [-0.2, 0) is 21.3 Å². The second kappa shape index (κ2) is 9.41. The molecule has 1 aromatic heterocycles. The first-order valence-electron chi connectivity index (χ1n) is 8.37. The zero-order valence-corrected chi connectivity index (χ0v) is 16.9. The van der Waals surface area contributed by atoms with Crippen molar-refractivity contribution in [3.8, 4) is 0 Å². The molecule has 156 valence electrons. The first-order valence-corrected chi connectivity index (χ1v) is 9.81. The molecule has 0 aliphatic heterocycles. The maximum atomic E-state index is 12.3. The van der Waals surface area contributed by atoms with E-state index >= 15 is 0 Å². The molecule has 0 bridgehead atoms. The number of hydrogen-bond donors (Lipinski definition) is 2. The average molecular weight is 423 g/mol. The van der Waals surface area contributed by atoms with Gasteiger partial charge in [0, 0.05) is 32.8 Å². The lowest BCUT2D eigenvalue weighted by Crippen LogP contribution is -2.42. The summed E-state index contributed by atoms with van der Waals surface area (Å²) in [5.41, 5.74) is 3.90. The lowest BCUT2D eigenvalue weighted by Gasteiger charge is -2.12. The van der Waals surface area contributed by atoms with Crippen LogP contribution in [0.15, 0.2) is 46.1 Å². The van der Waals surface area contributed by atoms with Crippen molar-refractivity contribution in [1.82, 2.24) is 24.9 Å². The number of ether oxygens (including phenoxy) is 1. The van der Waals surface area contributed by atoms with Crippen molar-refractivity contribution in [1.29, 1.82) is 0 Å². The van der Waals surface area contributed by atoms with Gasteiger partial charge in [0.2, 0.25) is 10.0 Å². The molecule has 0 spiro atoms. The molecule has 0 atom stereocenters. The lowest BCUT2D eigenvalue weighted by atomic mass is 10.2. The van der Waals surface area contributed by atoms with Crippen molar-refractivity contribution in [2.45, 2.75) is 11.4 Å². The van der Waals surface area contributed by atoms with Gasteiger partial charge in [-0.25, -0.2) is 17.4 Å². The van der Waals surface area contributed by atoms with E-state index in [4.69, 9.17) is 4.74 Å². The highest BCUT2D eigenvalue weighted by atomic mass is 32.2. The van der Waals surface area contributed by atoms with Crippen molar-refractivity contribution < 1.29 is 22.7 Å². The number of rotatable bonds is 7. The second-order valence-electron chi connectivity index (χ2n) is 6.00. The first-order chi connectivity index (χ1) is 13.7. The van der Waals surface area contributed by atoms with E-state index in [1.54, 1.807) is 0 Å². The smallest absolute Gasteiger partial charge is 0.290 e. The number of aromatic nitrogens is 2. The third kappa shape index (κ3) is 5.47. The molecule has 1 heterocycles. The van der Waals surface area contributed by atoms with E-state index in [0.717, 1.165) is 8.99 Å². The van der Waals surface area contributed by atoms with E-state index in [9.17, 15) is 22.8 Å². The molecule has 0 unspecified atom stereocenters. The molecule has 12 heteroatoms. The summed E-state index contributed by atoms with van der Waals surface area (Å²) in [6.45, 7) is 0.400. The Morgan fingerprint density at radius 3 is 2.48 bits per heavy atom. The van der Waals surface area contributed by atoms with Crippen molar-refractivity contribution in [3.63, 3.8) is 0 Å². The molecule has 0 fully saturated rings. The van der Waals surface area contributed by atoms with Gasteiger partial charge in [-0.2, -0.15) is 5.10 Å². The van der Waals surface area contributed by atoms with Gasteiger partial charge in [-0.15, -0.1) is 0 Å². The third-order valence-corrected chi connectivity index (χ3v) is 5.58. The molecule has 2 rings (SSSR count). The highest BCUT2D eigenvalue weighted by molar-refractivity contribution is 7.89. The number of nitrogens with zero attached hydrogens (tertiary/aromatic N) is 3. The molecule has 0 aliphatic carbocycles. The van der Waals surface area contributed by atoms with Crippen LogP contribution in [0.4, 0.5) is 0 Å². The number of benzene rings is 1. The van der Waals surface area contributed by atoms with Crippen LogP contribution in [0.1, 0.15) is 20.8 Å². The summed E-state index contributed by atoms with van der Waals surface area (Å²) in [5, 5.41) is 3.90. The van der Waals surface area contributed by atoms with Gasteiger partial charge in [0.25, 0.3) is 17.4 Å². The maximum absolute atomic E-state index is 12.3. The fourth-order valence-corrected chi connectivity index (χ4v) is 3.11. The SMILES string of the molecule is COCCn1nc(C(=O)NNC(=O)c2cccc(S(=O)(=O)N(C)C)c2)ccc1=O. The molecular formula is C17H21N5O6S. The number of methoxy groups -OCH3 is 1. The fraction of sp³-hybridized carbons (Fsp3) is 0.294. The van der Waals surface area contributed by atoms with Crippen molar-refractivity contribution >= 4 is 21.8 Å². The molecule has 1 aromatic carbocycles. The average Bonchev–Trinajstić information content (AvgIpc) is 2.71. The summed E-state index contributed by atoms with van der Waals surface area (Å²) in [6, 6.07) is 7.77. The molecule has 0 radical (unpaired) electrons. The van der Waals surface area contributed by atoms with Gasteiger partial charge in [-0.05, 0) is 24.3 Å². The minimum absolute atomic E-state index is 0.0336. The summed E-state index contributed by atoms with van der Waals surface area (Å²) in [6.07, 6.45) is 0. The predicted octanol–water partition coefficient (Wildman–Crippen LogP) is -0.785. The molecule has 11 nitrogen and oxygen atoms in total. The number of hydrogen-bond acceptors (Lipinski definition) is 7. The van der Waals surface area contributed by atoms with Crippen LogP contribution in [-0.4, -0.2) is 62.1 Å². The zero-order chi connectivity index (χ0) is 21.6. The van der Waals surface area contributed by atoms with Gasteiger partial charge < -0.3 is 4.74 Å². The van der Waals surface area contributed by atoms with E-state index < -0.39 is 27.4 Å². The molecule has 2 amide bonds. The summed E-state index contributed by atoms with van der Waals surface area (Å²) in [7, 11) is 0.511. The van der Waals surface area contributed by atoms with Crippen molar-refractivity contribution in [3.05, 3.63) is 58.0 Å². The Morgan fingerprint density at radius 2 is 1.83 bits per heavy atom. The van der Waals surface area contributed by atoms with Gasteiger partial charge in [0.1, 0.15) is 0 Å². The number of nitrogens with one attached hydrogen (secondary N) is 2. The third-order valence-electron chi connectivity index (χ3n) is 3.77. The van der Waals surface area contributed by atoms with Crippen LogP contribution < -0.4 is 16.4 Å². The zero-order valence-electron chi connectivity index (χ0n) is 16.1. The van der Waals surface area contributed by atoms with Gasteiger partial charge in [0.05, 0.1) is 18.0 Å². The first kappa shape index (κ1) is 22.2. The number of carbonyl (C=O) groups excluding carboxylic acids is 2. The van der Waals surface area contributed by atoms with Crippen LogP contribution in [0.2, 0.25) is 0 Å². The van der Waals surface area contributed by atoms with E-state index in [2.05, 4.69) is 16.0 Å². The van der Waals surface area contributed by atoms with E-state index in [-0.39, 0.29) is 29.3 Å². The normalized spacial score (nSPS) is 11.3. The quantitative estimate of drug-likeness (QED) is 0.557. The van der Waals surface area contributed by atoms with Gasteiger partial charge >= 0.3 is 0 Å². The Balaban J connectivity index is 2.10. The van der Waals surface area contributed by atoms with E-state index in [1.807, 2.05) is 0 Å². The number of hydrazine groups is 1. The Hall–Kier alpha value is -3.09. The maximum Gasteiger partial charge on any atom is 0.290 e. The summed E-state index contributed by atoms with van der Waals surface area (Å²) in [5.74, 6) is -1.47. The minimum atomic E-state index is -3.71. The van der Waals surface area contributed by atoms with Gasteiger partial charge in [-0.1, -0.05) is 6.07 Å². The highest BCUT2D eigenvalue weighted by Gasteiger charge is 2.19. The van der Waals surface area contributed by atoms with Crippen LogP contribution in [0.3, 0.4) is 0 Å². The van der Waals surface area contributed by atoms with Crippen molar-refractivity contribution in [2.24, 2.45) is 0 Å². The monoisotopic (exact) mass is 423 g/mol. The molecule has 2 N–H and O–H groups in total. The molecule has 0 saturated heterocycles. The summed E-state index contributed by atoms with van der Waals surface area (Å²) in [4.78, 5) is 36.1. The lowest BCUT2D eigenvalue weighted by molar-refractivity contribution is 0.0842. The van der Waals surface area contributed by atoms with E-state index in [1.165, 1.54) is 57.6 Å². The number of carbonyl (C=O) groups is 2. The fourth-order valence-electron chi connectivity index (χ4n) is 2.17. The second-order valence-corrected chi connectivity index (χ2v) is 8.15. The van der Waals surface area contributed by atoms with E-state index in [0.29, 0.717) is 0 Å². The number of sulfonamides is 1. The summed E-state index contributed by atoms with van der Waals surface area (Å²) < 4.78 is 31.3. The van der Waals surface area contributed by atoms with Crippen LogP contribution in [0.5, 0.6) is 0 Å². The molecule has 0 aliphatic rings. The molecule has 2 aromatic rings. The molecule has 29 heavy (non-hydrogen) atoms.